The molecule has 4 fully saturated rings. The molecule has 12 amide bonds. The van der Waals surface area contributed by atoms with Gasteiger partial charge in [0, 0.05) is 31.7 Å². The van der Waals surface area contributed by atoms with Gasteiger partial charge in [-0.1, -0.05) is 167 Å². The van der Waals surface area contributed by atoms with Crippen molar-refractivity contribution in [3.63, 3.8) is 0 Å². The van der Waals surface area contributed by atoms with E-state index in [0.29, 0.717) is 176 Å². The Morgan fingerprint density at radius 2 is 0.557 bits per heavy atom. The SMILES string of the molecule is COc1cccc2c1CCN(C(=O)[C@@H]1CCCC[C@@H]1C(=O)O)[C@@H]2CN1C(=O)c2ccccc2C1=O.O=C(O)[C@H]1CCCC[C@H]1C(=O)N1CCc2cc(CO)c(CO)cc2[C@H]1CN1C(=O)c2ccccc2C1=O.O=C(O)[C@H]1CCCC[C@H]1C(=O)N1CCc2ccc(CO)cc2[C@H]1CN1C(=O)c2ccccc2C1=O.O=C(O)[C@H]1CCCC[C@H]1C(=O)N1CCc2ccccc2[C@H]1CN1C(=O)c2ccccc2C1=O. The summed E-state index contributed by atoms with van der Waals surface area (Å²) in [4.78, 5) is 219. The maximum atomic E-state index is 13.9. The second kappa shape index (κ2) is 41.8. The molecular formula is C108H112N8O24. The Morgan fingerprint density at radius 1 is 0.286 bits per heavy atom. The Kier molecular flexibility index (Phi) is 29.1. The number of amides is 12. The van der Waals surface area contributed by atoms with Crippen molar-refractivity contribution < 1.29 is 117 Å². The molecule has 8 heterocycles. The van der Waals surface area contributed by atoms with E-state index >= 15 is 0 Å². The summed E-state index contributed by atoms with van der Waals surface area (Å²) in [5, 5.41) is 68.4. The van der Waals surface area contributed by atoms with Gasteiger partial charge in [0.15, 0.2) is 0 Å². The number of imide groups is 4. The lowest BCUT2D eigenvalue weighted by Gasteiger charge is -2.42. The molecule has 0 spiro atoms. The fourth-order valence-corrected chi connectivity index (χ4v) is 23.4. The molecule has 8 aliphatic heterocycles. The zero-order chi connectivity index (χ0) is 98.8. The number of hydrogen-bond donors (Lipinski definition) is 7. The summed E-state index contributed by atoms with van der Waals surface area (Å²) in [5.74, 6) is -12.6. The normalized spacial score (nSPS) is 23.7. The van der Waals surface area contributed by atoms with Crippen molar-refractivity contribution in [2.45, 2.75) is 172 Å². The Bertz CT molecular complexity index is 6060. The molecule has 0 unspecified atom stereocenters. The van der Waals surface area contributed by atoms with Crippen molar-refractivity contribution in [3.05, 3.63) is 276 Å². The van der Waals surface area contributed by atoms with Crippen molar-refractivity contribution in [1.82, 2.24) is 39.2 Å². The number of aliphatic hydroxyl groups is 3. The number of hydrogen-bond acceptors (Lipinski definition) is 20. The van der Waals surface area contributed by atoms with Crippen molar-refractivity contribution in [2.24, 2.45) is 47.3 Å². The van der Waals surface area contributed by atoms with Gasteiger partial charge in [0.05, 0.1) is 169 Å². The van der Waals surface area contributed by atoms with Crippen LogP contribution in [-0.4, -0.2) is 229 Å². The second-order valence-corrected chi connectivity index (χ2v) is 38.2. The number of carbonyl (C=O) groups excluding carboxylic acids is 12. The van der Waals surface area contributed by atoms with Crippen LogP contribution in [0.2, 0.25) is 0 Å². The van der Waals surface area contributed by atoms with E-state index in [1.165, 1.54) is 14.7 Å². The van der Waals surface area contributed by atoms with Crippen LogP contribution in [0.15, 0.2) is 170 Å². The van der Waals surface area contributed by atoms with Gasteiger partial charge in [0.1, 0.15) is 5.75 Å². The molecule has 728 valence electrons. The number of carbonyl (C=O) groups is 16. The molecule has 140 heavy (non-hydrogen) atoms. The van der Waals surface area contributed by atoms with Crippen LogP contribution in [0.3, 0.4) is 0 Å². The molecule has 20 rings (SSSR count). The highest BCUT2D eigenvalue weighted by Gasteiger charge is 2.52. The Hall–Kier alpha value is -14.2. The summed E-state index contributed by atoms with van der Waals surface area (Å²) < 4.78 is 5.56. The fourth-order valence-electron chi connectivity index (χ4n) is 23.4. The van der Waals surface area contributed by atoms with E-state index in [1.54, 1.807) is 136 Å². The lowest BCUT2D eigenvalue weighted by atomic mass is 9.77. The van der Waals surface area contributed by atoms with E-state index in [0.717, 1.165) is 95.2 Å². The zero-order valence-electron chi connectivity index (χ0n) is 77.7. The van der Waals surface area contributed by atoms with Crippen molar-refractivity contribution in [3.8, 4) is 5.75 Å². The van der Waals surface area contributed by atoms with Gasteiger partial charge < -0.3 is 60.1 Å². The first-order valence-corrected chi connectivity index (χ1v) is 48.4. The quantitative estimate of drug-likeness (QED) is 0.0348. The number of nitrogens with zero attached hydrogens (tertiary/aromatic N) is 8. The molecule has 8 aromatic carbocycles. The van der Waals surface area contributed by atoms with Crippen molar-refractivity contribution in [2.75, 3.05) is 59.5 Å². The number of fused-ring (bicyclic) bond motifs is 8. The van der Waals surface area contributed by atoms with E-state index in [2.05, 4.69) is 0 Å². The first-order valence-electron chi connectivity index (χ1n) is 48.4. The molecule has 0 saturated heterocycles. The average molecular weight is 1910 g/mol. The molecule has 0 aromatic heterocycles. The van der Waals surface area contributed by atoms with Gasteiger partial charge in [-0.05, 0) is 187 Å². The molecule has 4 aliphatic carbocycles. The summed E-state index contributed by atoms with van der Waals surface area (Å²) in [6.45, 7) is 0.677. The standard InChI is InChI=1S/C28H30N2O7.2C27H28N2O6.C26H26N2O5/c31-14-17-11-16-9-10-29(25(33)21-7-3-4-8-22(21)28(36)37)24(23(16)12-18(17)15-32)13-30-26(34)19-5-1-2-6-20(19)27(30)35;1-35-23-12-6-11-16-17(23)13-14-28(24(30)20-9-4-5-10-21(20)27(33)34)22(16)15-29-25(31)18-7-2-3-8-19(18)26(29)32;30-15-16-9-10-17-11-12-28(24(31)20-7-3-4-8-21(20)27(34)35)23(22(17)13-16)14-29-25(32)18-5-1-2-6-19(18)26(29)33;29-23(20-11-5-6-12-21(20)26(32)33)27-14-13-16-7-1-2-8-17(16)22(27)15-28-24(30)18-9-3-4-10-19(18)25(28)31/h1-2,5-6,11-12,21-22,24,31-32H,3-4,7-10,13-15H2,(H,36,37);2-3,6-8,11-12,20-22H,4-5,9-10,13-15H2,1H3,(H,33,34);1-2,5-6,9-10,13,20-21,23,30H,3-4,7-8,11-12,14-15H2,(H,34,35);1-4,7-10,20-22H,5-6,11-15H2,(H,32,33)/t21-,22+,24-;20-,21+,22-;20-,21+,23-;20-,21+,22-/m1111/s1. The highest BCUT2D eigenvalue weighted by atomic mass is 16.5. The number of aliphatic hydroxyl groups excluding tert-OH is 3. The summed E-state index contributed by atoms with van der Waals surface area (Å²) in [5.41, 5.74) is 11.6. The predicted octanol–water partition coefficient (Wildman–Crippen LogP) is 11.7. The van der Waals surface area contributed by atoms with Crippen LogP contribution in [0.1, 0.15) is 271 Å². The molecule has 4 saturated carbocycles. The number of benzene rings is 8. The number of carboxylic acid groups (broad SMARTS) is 4. The van der Waals surface area contributed by atoms with Crippen LogP contribution in [0.5, 0.6) is 5.75 Å². The van der Waals surface area contributed by atoms with Crippen LogP contribution in [-0.2, 0) is 83.9 Å². The minimum absolute atomic E-state index is 0.00269. The maximum absolute atomic E-state index is 13.9. The van der Waals surface area contributed by atoms with Gasteiger partial charge in [0.2, 0.25) is 23.6 Å². The maximum Gasteiger partial charge on any atom is 0.307 e. The molecule has 32 heteroatoms. The molecular weight excluding hydrogens is 1790 g/mol. The summed E-state index contributed by atoms with van der Waals surface area (Å²) in [6.07, 6.45) is 12.5. The third kappa shape index (κ3) is 18.7. The summed E-state index contributed by atoms with van der Waals surface area (Å²) in [6, 6.07) is 46.8. The first-order chi connectivity index (χ1) is 67.6. The van der Waals surface area contributed by atoms with Crippen LogP contribution in [0.4, 0.5) is 0 Å². The molecule has 8 aromatic rings. The number of rotatable bonds is 20. The third-order valence-corrected chi connectivity index (χ3v) is 30.7. The molecule has 0 bridgehead atoms. The van der Waals surface area contributed by atoms with E-state index in [1.807, 2.05) is 60.7 Å². The predicted molar refractivity (Wildman–Crippen MR) is 502 cm³/mol. The smallest absolute Gasteiger partial charge is 0.307 e. The van der Waals surface area contributed by atoms with Gasteiger partial charge in [-0.3, -0.25) is 96.3 Å². The summed E-state index contributed by atoms with van der Waals surface area (Å²) in [7, 11) is 1.59. The van der Waals surface area contributed by atoms with Gasteiger partial charge in [-0.15, -0.1) is 0 Å². The van der Waals surface area contributed by atoms with E-state index in [9.17, 15) is 112 Å². The molecule has 12 aliphatic rings. The van der Waals surface area contributed by atoms with Gasteiger partial charge in [0.25, 0.3) is 47.3 Å². The Morgan fingerprint density at radius 3 is 0.879 bits per heavy atom. The zero-order valence-corrected chi connectivity index (χ0v) is 77.7. The number of aliphatic carboxylic acids is 4. The minimum atomic E-state index is -0.984. The van der Waals surface area contributed by atoms with Crippen LogP contribution < -0.4 is 4.74 Å². The third-order valence-electron chi connectivity index (χ3n) is 30.7. The average Bonchev–Trinajstić information content (AvgIpc) is 1.52. The molecule has 12 atom stereocenters. The monoisotopic (exact) mass is 1900 g/mol. The van der Waals surface area contributed by atoms with Gasteiger partial charge >= 0.3 is 23.9 Å². The van der Waals surface area contributed by atoms with E-state index < -0.39 is 119 Å². The Labute approximate surface area is 807 Å². The van der Waals surface area contributed by atoms with Gasteiger partial charge in [-0.2, -0.15) is 0 Å². The minimum Gasteiger partial charge on any atom is -0.496 e. The number of carboxylic acids is 4. The fraction of sp³-hybridized carbons (Fsp3) is 0.407. The van der Waals surface area contributed by atoms with E-state index in [-0.39, 0.29) is 93.3 Å². The van der Waals surface area contributed by atoms with Crippen LogP contribution in [0.25, 0.3) is 0 Å². The second-order valence-electron chi connectivity index (χ2n) is 38.2. The van der Waals surface area contributed by atoms with Crippen molar-refractivity contribution in [1.29, 1.82) is 0 Å². The lowest BCUT2D eigenvalue weighted by Crippen LogP contribution is -2.50. The highest BCUT2D eigenvalue weighted by Crippen LogP contribution is 2.47. The number of ether oxygens (including phenoxy) is 1. The van der Waals surface area contributed by atoms with Crippen LogP contribution >= 0.6 is 0 Å². The molecule has 7 N–H and O–H groups in total. The Balaban J connectivity index is 0.000000129. The van der Waals surface area contributed by atoms with Crippen LogP contribution in [0, 0.1) is 47.3 Å². The topological polar surface area (TPSA) is 450 Å². The largest absolute Gasteiger partial charge is 0.496 e. The molecule has 32 nitrogen and oxygen atoms in total. The highest BCUT2D eigenvalue weighted by molar-refractivity contribution is 6.24. The lowest BCUT2D eigenvalue weighted by molar-refractivity contribution is -0.153. The summed E-state index contributed by atoms with van der Waals surface area (Å²) >= 11 is 0. The molecule has 0 radical (unpaired) electrons. The van der Waals surface area contributed by atoms with E-state index in [4.69, 9.17) is 4.74 Å². The number of methoxy groups -OCH3 is 1. The van der Waals surface area contributed by atoms with Crippen molar-refractivity contribution >= 4 is 94.8 Å². The first kappa shape index (κ1) is 97.4. The van der Waals surface area contributed by atoms with Gasteiger partial charge in [-0.25, -0.2) is 0 Å².